The fourth-order valence-corrected chi connectivity index (χ4v) is 3.25. The molecule has 3 rings (SSSR count). The zero-order chi connectivity index (χ0) is 19.2. The molecule has 0 aromatic heterocycles. The fraction of sp³-hybridized carbons (Fsp3) is 0.318. The van der Waals surface area contributed by atoms with Crippen LogP contribution in [0.15, 0.2) is 48.5 Å². The second-order valence-electron chi connectivity index (χ2n) is 6.93. The number of aryl methyl sites for hydroxylation is 1. The molecule has 0 atom stereocenters. The van der Waals surface area contributed by atoms with Crippen LogP contribution in [0.25, 0.3) is 0 Å². The third-order valence-electron chi connectivity index (χ3n) is 4.87. The monoisotopic (exact) mass is 361 g/mol. The summed E-state index contributed by atoms with van der Waals surface area (Å²) in [6, 6.07) is 16.8. The van der Waals surface area contributed by atoms with Gasteiger partial charge in [0.15, 0.2) is 0 Å². The molecule has 0 N–H and O–H groups in total. The predicted molar refractivity (Wildman–Crippen MR) is 103 cm³/mol. The van der Waals surface area contributed by atoms with Crippen molar-refractivity contribution in [1.82, 2.24) is 9.80 Å². The molecular weight excluding hydrogens is 338 g/mol. The fourth-order valence-electron chi connectivity index (χ4n) is 3.25. The first-order valence-electron chi connectivity index (χ1n) is 9.18. The third kappa shape index (κ3) is 4.81. The summed E-state index contributed by atoms with van der Waals surface area (Å²) >= 11 is 0. The second-order valence-corrected chi connectivity index (χ2v) is 6.93. The van der Waals surface area contributed by atoms with Crippen molar-refractivity contribution in [2.75, 3.05) is 26.2 Å². The van der Waals surface area contributed by atoms with Crippen LogP contribution < -0.4 is 0 Å². The molecule has 0 aliphatic carbocycles. The highest BCUT2D eigenvalue weighted by atomic mass is 16.2. The largest absolute Gasteiger partial charge is 0.334 e. The van der Waals surface area contributed by atoms with Gasteiger partial charge in [-0.2, -0.15) is 5.26 Å². The van der Waals surface area contributed by atoms with Gasteiger partial charge < -0.3 is 4.90 Å². The van der Waals surface area contributed by atoms with Crippen molar-refractivity contribution in [2.45, 2.75) is 19.9 Å². The summed E-state index contributed by atoms with van der Waals surface area (Å²) in [6.07, 6.45) is 0.837. The number of benzene rings is 2. The molecule has 0 unspecified atom stereocenters. The molecule has 5 heteroatoms. The Bertz CT molecular complexity index is 851. The molecule has 1 aliphatic rings. The Morgan fingerprint density at radius 2 is 1.67 bits per heavy atom. The number of nitriles is 1. The van der Waals surface area contributed by atoms with Gasteiger partial charge in [-0.05, 0) is 31.0 Å². The Morgan fingerprint density at radius 1 is 0.963 bits per heavy atom. The lowest BCUT2D eigenvalue weighted by molar-refractivity contribution is -0.126. The lowest BCUT2D eigenvalue weighted by atomic mass is 10.1. The van der Waals surface area contributed by atoms with Crippen LogP contribution in [0.4, 0.5) is 0 Å². The third-order valence-corrected chi connectivity index (χ3v) is 4.87. The summed E-state index contributed by atoms with van der Waals surface area (Å²) in [5.41, 5.74) is 3.31. The van der Waals surface area contributed by atoms with Gasteiger partial charge in [-0.3, -0.25) is 14.5 Å². The van der Waals surface area contributed by atoms with E-state index in [4.69, 9.17) is 5.26 Å². The first kappa shape index (κ1) is 18.8. The molecule has 2 aromatic carbocycles. The van der Waals surface area contributed by atoms with Crippen LogP contribution in [0.2, 0.25) is 0 Å². The first-order chi connectivity index (χ1) is 13.1. The van der Waals surface area contributed by atoms with E-state index in [1.807, 2.05) is 43.3 Å². The van der Waals surface area contributed by atoms with E-state index < -0.39 is 11.7 Å². The number of nitrogens with zero attached hydrogens (tertiary/aromatic N) is 3. The van der Waals surface area contributed by atoms with Crippen LogP contribution in [-0.2, 0) is 11.3 Å². The number of amides is 1. The van der Waals surface area contributed by atoms with Crippen molar-refractivity contribution in [3.63, 3.8) is 0 Å². The Hall–Kier alpha value is -2.97. The summed E-state index contributed by atoms with van der Waals surface area (Å²) < 4.78 is 0. The lowest BCUT2D eigenvalue weighted by Crippen LogP contribution is -2.39. The summed E-state index contributed by atoms with van der Waals surface area (Å²) in [4.78, 5) is 29.0. The molecule has 0 bridgehead atoms. The van der Waals surface area contributed by atoms with E-state index in [0.29, 0.717) is 24.2 Å². The van der Waals surface area contributed by atoms with E-state index in [1.165, 1.54) is 0 Å². The summed E-state index contributed by atoms with van der Waals surface area (Å²) in [7, 11) is 0. The molecule has 27 heavy (non-hydrogen) atoms. The summed E-state index contributed by atoms with van der Waals surface area (Å²) in [5, 5.41) is 8.88. The van der Waals surface area contributed by atoms with E-state index in [-0.39, 0.29) is 0 Å². The highest BCUT2D eigenvalue weighted by Crippen LogP contribution is 2.12. The Morgan fingerprint density at radius 3 is 2.33 bits per heavy atom. The molecule has 1 aliphatic heterocycles. The number of ketones is 1. The van der Waals surface area contributed by atoms with Crippen LogP contribution in [0.3, 0.4) is 0 Å². The van der Waals surface area contributed by atoms with Gasteiger partial charge in [0, 0.05) is 38.3 Å². The molecule has 5 nitrogen and oxygen atoms in total. The van der Waals surface area contributed by atoms with Gasteiger partial charge in [-0.25, -0.2) is 0 Å². The predicted octanol–water partition coefficient (Wildman–Crippen LogP) is 2.78. The van der Waals surface area contributed by atoms with Crippen molar-refractivity contribution >= 4 is 11.7 Å². The molecule has 0 spiro atoms. The first-order valence-corrected chi connectivity index (χ1v) is 9.18. The highest BCUT2D eigenvalue weighted by molar-refractivity contribution is 6.42. The molecule has 138 valence electrons. The number of Topliss-reactive ketones (excluding diaryl/α,β-unsaturated/α-hetero) is 1. The van der Waals surface area contributed by atoms with Gasteiger partial charge >= 0.3 is 0 Å². The van der Waals surface area contributed by atoms with Crippen LogP contribution in [-0.4, -0.2) is 47.7 Å². The number of carbonyl (C=O) groups is 2. The van der Waals surface area contributed by atoms with Crippen molar-refractivity contribution in [1.29, 1.82) is 5.26 Å². The molecule has 0 saturated carbocycles. The van der Waals surface area contributed by atoms with Gasteiger partial charge in [0.2, 0.25) is 5.78 Å². The van der Waals surface area contributed by atoms with Crippen molar-refractivity contribution < 1.29 is 9.59 Å². The number of hydrogen-bond acceptors (Lipinski definition) is 4. The zero-order valence-electron chi connectivity index (χ0n) is 15.5. The smallest absolute Gasteiger partial charge is 0.295 e. The van der Waals surface area contributed by atoms with Crippen LogP contribution in [0, 0.1) is 18.3 Å². The second kappa shape index (κ2) is 8.61. The molecular formula is C22H23N3O2. The molecule has 1 heterocycles. The standard InChI is InChI=1S/C22H23N3O2/c1-17-3-9-20(10-4-17)21(26)22(27)25-12-2-11-24(13-14-25)16-19-7-5-18(15-23)6-8-19/h3-10H,2,11-14,16H2,1H3. The van der Waals surface area contributed by atoms with E-state index in [9.17, 15) is 9.59 Å². The van der Waals surface area contributed by atoms with Gasteiger partial charge in [0.1, 0.15) is 0 Å². The highest BCUT2D eigenvalue weighted by Gasteiger charge is 2.25. The minimum atomic E-state index is -0.435. The normalized spacial score (nSPS) is 15.0. The lowest BCUT2D eigenvalue weighted by Gasteiger charge is -2.21. The maximum absolute atomic E-state index is 12.6. The number of carbonyl (C=O) groups excluding carboxylic acids is 2. The minimum Gasteiger partial charge on any atom is -0.334 e. The maximum atomic E-state index is 12.6. The Labute approximate surface area is 159 Å². The summed E-state index contributed by atoms with van der Waals surface area (Å²) in [5.74, 6) is -0.852. The number of hydrogen-bond donors (Lipinski definition) is 0. The molecule has 1 amide bonds. The Balaban J connectivity index is 1.58. The van der Waals surface area contributed by atoms with Gasteiger partial charge in [0.25, 0.3) is 5.91 Å². The average molecular weight is 361 g/mol. The summed E-state index contributed by atoms with van der Waals surface area (Å²) in [6.45, 7) is 5.48. The average Bonchev–Trinajstić information content (AvgIpc) is 2.93. The van der Waals surface area contributed by atoms with Gasteiger partial charge in [-0.15, -0.1) is 0 Å². The SMILES string of the molecule is Cc1ccc(C(=O)C(=O)N2CCCN(Cc3ccc(C#N)cc3)CC2)cc1. The quantitative estimate of drug-likeness (QED) is 0.620. The number of rotatable bonds is 4. The van der Waals surface area contributed by atoms with E-state index in [2.05, 4.69) is 11.0 Å². The minimum absolute atomic E-state index is 0.418. The van der Waals surface area contributed by atoms with Crippen molar-refractivity contribution in [2.24, 2.45) is 0 Å². The zero-order valence-corrected chi connectivity index (χ0v) is 15.5. The van der Waals surface area contributed by atoms with E-state index >= 15 is 0 Å². The molecule has 1 fully saturated rings. The molecule has 1 saturated heterocycles. The van der Waals surface area contributed by atoms with Gasteiger partial charge in [-0.1, -0.05) is 42.0 Å². The van der Waals surface area contributed by atoms with Crippen molar-refractivity contribution in [3.8, 4) is 6.07 Å². The van der Waals surface area contributed by atoms with E-state index in [1.54, 1.807) is 17.0 Å². The molecule has 2 aromatic rings. The topological polar surface area (TPSA) is 64.4 Å². The Kier molecular flexibility index (Phi) is 6.00. The van der Waals surface area contributed by atoms with E-state index in [0.717, 1.165) is 37.2 Å². The van der Waals surface area contributed by atoms with Crippen LogP contribution in [0.5, 0.6) is 0 Å². The van der Waals surface area contributed by atoms with Crippen LogP contribution >= 0.6 is 0 Å². The molecule has 0 radical (unpaired) electrons. The van der Waals surface area contributed by atoms with Crippen molar-refractivity contribution in [3.05, 3.63) is 70.8 Å². The van der Waals surface area contributed by atoms with Gasteiger partial charge in [0.05, 0.1) is 11.6 Å². The maximum Gasteiger partial charge on any atom is 0.295 e. The van der Waals surface area contributed by atoms with Crippen LogP contribution in [0.1, 0.15) is 33.5 Å².